The second-order valence-electron chi connectivity index (χ2n) is 4.51. The molecule has 0 bridgehead atoms. The molecule has 1 unspecified atom stereocenters. The molecule has 1 atom stereocenters. The number of nitrogens with two attached hydrogens (primary N) is 1. The van der Waals surface area contributed by atoms with Crippen LogP contribution in [0.2, 0.25) is 0 Å². The zero-order valence-corrected chi connectivity index (χ0v) is 14.6. The van der Waals surface area contributed by atoms with Crippen molar-refractivity contribution in [1.29, 1.82) is 0 Å². The van der Waals surface area contributed by atoms with E-state index in [4.69, 9.17) is 10.5 Å². The fraction of sp³-hybridized carbons (Fsp3) is 0.188. The summed E-state index contributed by atoms with van der Waals surface area (Å²) in [5.41, 5.74) is 7.41. The van der Waals surface area contributed by atoms with E-state index in [1.807, 2.05) is 30.3 Å². The first kappa shape index (κ1) is 18.2. The zero-order valence-electron chi connectivity index (χ0n) is 12.3. The van der Waals surface area contributed by atoms with E-state index in [0.717, 1.165) is 17.0 Å². The fourth-order valence-electron chi connectivity index (χ4n) is 1.83. The van der Waals surface area contributed by atoms with Crippen LogP contribution in [0.4, 0.5) is 5.69 Å². The molecule has 0 aliphatic heterocycles. The van der Waals surface area contributed by atoms with Crippen LogP contribution < -0.4 is 15.8 Å². The Morgan fingerprint density at radius 2 is 1.82 bits per heavy atom. The molecule has 2 rings (SSSR count). The molecule has 0 saturated heterocycles. The van der Waals surface area contributed by atoms with Gasteiger partial charge in [-0.15, -0.1) is 24.0 Å². The van der Waals surface area contributed by atoms with Gasteiger partial charge in [-0.05, 0) is 29.8 Å². The minimum Gasteiger partial charge on any atom is -0.497 e. The first-order valence-corrected chi connectivity index (χ1v) is 6.63. The number of guanidine groups is 1. The average molecular weight is 413 g/mol. The van der Waals surface area contributed by atoms with Crippen LogP contribution in [-0.2, 0) is 0 Å². The maximum Gasteiger partial charge on any atom is 0.193 e. The van der Waals surface area contributed by atoms with Gasteiger partial charge in [-0.3, -0.25) is 4.99 Å². The molecule has 5 nitrogen and oxygen atoms in total. The van der Waals surface area contributed by atoms with Gasteiger partial charge in [0.15, 0.2) is 5.96 Å². The Hall–Kier alpha value is -1.80. The van der Waals surface area contributed by atoms with E-state index in [1.54, 1.807) is 31.4 Å². The van der Waals surface area contributed by atoms with E-state index in [1.165, 1.54) is 0 Å². The quantitative estimate of drug-likeness (QED) is 0.400. The molecule has 0 aliphatic rings. The minimum absolute atomic E-state index is 0. The molecule has 0 fully saturated rings. The Morgan fingerprint density at radius 1 is 1.18 bits per heavy atom. The number of aliphatic hydroxyl groups excluding tert-OH is 1. The summed E-state index contributed by atoms with van der Waals surface area (Å²) in [5.74, 6) is 1.02. The van der Waals surface area contributed by atoms with Crippen molar-refractivity contribution in [2.75, 3.05) is 19.0 Å². The summed E-state index contributed by atoms with van der Waals surface area (Å²) in [6, 6.07) is 16.7. The van der Waals surface area contributed by atoms with Crippen LogP contribution in [-0.4, -0.2) is 24.7 Å². The molecule has 118 valence electrons. The number of hydrogen-bond acceptors (Lipinski definition) is 3. The number of rotatable bonds is 5. The monoisotopic (exact) mass is 413 g/mol. The Kier molecular flexibility index (Phi) is 7.69. The molecule has 0 heterocycles. The molecule has 0 radical (unpaired) electrons. The summed E-state index contributed by atoms with van der Waals surface area (Å²) in [6.07, 6.45) is -0.702. The maximum absolute atomic E-state index is 10.1. The van der Waals surface area contributed by atoms with Crippen molar-refractivity contribution in [3.05, 3.63) is 60.2 Å². The second kappa shape index (κ2) is 9.26. The molecule has 2 aromatic carbocycles. The number of para-hydroxylation sites is 1. The lowest BCUT2D eigenvalue weighted by molar-refractivity contribution is 0.187. The van der Waals surface area contributed by atoms with Gasteiger partial charge < -0.3 is 20.9 Å². The first-order valence-electron chi connectivity index (χ1n) is 6.63. The molecule has 2 aromatic rings. The van der Waals surface area contributed by atoms with E-state index in [-0.39, 0.29) is 36.5 Å². The van der Waals surface area contributed by atoms with E-state index in [9.17, 15) is 5.11 Å². The molecular weight excluding hydrogens is 393 g/mol. The van der Waals surface area contributed by atoms with E-state index in [0.29, 0.717) is 0 Å². The fourth-order valence-corrected chi connectivity index (χ4v) is 1.83. The molecular formula is C16H20IN3O2. The lowest BCUT2D eigenvalue weighted by Crippen LogP contribution is -2.23. The van der Waals surface area contributed by atoms with E-state index < -0.39 is 6.10 Å². The van der Waals surface area contributed by atoms with Gasteiger partial charge in [-0.25, -0.2) is 0 Å². The van der Waals surface area contributed by atoms with Gasteiger partial charge in [0.05, 0.1) is 19.8 Å². The van der Waals surface area contributed by atoms with Crippen LogP contribution in [0, 0.1) is 0 Å². The number of benzene rings is 2. The topological polar surface area (TPSA) is 79.9 Å². The first-order chi connectivity index (χ1) is 10.2. The van der Waals surface area contributed by atoms with Crippen LogP contribution in [0.5, 0.6) is 5.75 Å². The van der Waals surface area contributed by atoms with Crippen molar-refractivity contribution in [1.82, 2.24) is 0 Å². The van der Waals surface area contributed by atoms with Crippen molar-refractivity contribution in [2.24, 2.45) is 10.7 Å². The summed E-state index contributed by atoms with van der Waals surface area (Å²) in [7, 11) is 1.60. The average Bonchev–Trinajstić information content (AvgIpc) is 2.53. The van der Waals surface area contributed by atoms with Crippen LogP contribution in [0.25, 0.3) is 0 Å². The Morgan fingerprint density at radius 3 is 2.41 bits per heavy atom. The molecule has 4 N–H and O–H groups in total. The van der Waals surface area contributed by atoms with Crippen LogP contribution >= 0.6 is 24.0 Å². The van der Waals surface area contributed by atoms with Gasteiger partial charge in [-0.2, -0.15) is 0 Å². The highest BCUT2D eigenvalue weighted by Crippen LogP contribution is 2.17. The summed E-state index contributed by atoms with van der Waals surface area (Å²) >= 11 is 0. The SMILES string of the molecule is COc1ccc(C(O)CN=C(N)Nc2ccccc2)cc1.I. The largest absolute Gasteiger partial charge is 0.497 e. The lowest BCUT2D eigenvalue weighted by Gasteiger charge is -2.10. The van der Waals surface area contributed by atoms with Crippen molar-refractivity contribution < 1.29 is 9.84 Å². The molecule has 0 aliphatic carbocycles. The van der Waals surface area contributed by atoms with Gasteiger partial charge in [0, 0.05) is 5.69 Å². The number of nitrogens with zero attached hydrogens (tertiary/aromatic N) is 1. The number of anilines is 1. The van der Waals surface area contributed by atoms with Gasteiger partial charge >= 0.3 is 0 Å². The van der Waals surface area contributed by atoms with Crippen molar-refractivity contribution in [3.63, 3.8) is 0 Å². The Balaban J connectivity index is 0.00000242. The lowest BCUT2D eigenvalue weighted by atomic mass is 10.1. The van der Waals surface area contributed by atoms with Crippen LogP contribution in [0.1, 0.15) is 11.7 Å². The second-order valence-corrected chi connectivity index (χ2v) is 4.51. The number of nitrogens with one attached hydrogen (secondary N) is 1. The zero-order chi connectivity index (χ0) is 15.1. The summed E-state index contributed by atoms with van der Waals surface area (Å²) in [4.78, 5) is 4.14. The maximum atomic E-state index is 10.1. The predicted octanol–water partition coefficient (Wildman–Crippen LogP) is 2.77. The molecule has 22 heavy (non-hydrogen) atoms. The summed E-state index contributed by atoms with van der Waals surface area (Å²) < 4.78 is 5.07. The number of methoxy groups -OCH3 is 1. The minimum atomic E-state index is -0.702. The number of aliphatic hydroxyl groups is 1. The van der Waals surface area contributed by atoms with Gasteiger partial charge in [0.2, 0.25) is 0 Å². The highest BCUT2D eigenvalue weighted by Gasteiger charge is 2.07. The predicted molar refractivity (Wildman–Crippen MR) is 99.9 cm³/mol. The molecule has 0 saturated carbocycles. The van der Waals surface area contributed by atoms with E-state index >= 15 is 0 Å². The number of ether oxygens (including phenoxy) is 1. The third kappa shape index (κ3) is 5.53. The van der Waals surface area contributed by atoms with Crippen molar-refractivity contribution in [2.45, 2.75) is 6.10 Å². The molecule has 0 spiro atoms. The number of aliphatic imine (C=N–C) groups is 1. The third-order valence-electron chi connectivity index (χ3n) is 2.98. The smallest absolute Gasteiger partial charge is 0.193 e. The van der Waals surface area contributed by atoms with Gasteiger partial charge in [0.25, 0.3) is 0 Å². The van der Waals surface area contributed by atoms with Crippen molar-refractivity contribution >= 4 is 35.6 Å². The molecule has 0 amide bonds. The summed E-state index contributed by atoms with van der Waals surface area (Å²) in [6.45, 7) is 0.192. The Bertz CT molecular complexity index is 588. The van der Waals surface area contributed by atoms with Gasteiger partial charge in [-0.1, -0.05) is 30.3 Å². The normalized spacial score (nSPS) is 12.2. The Labute approximate surface area is 147 Å². The summed E-state index contributed by atoms with van der Waals surface area (Å²) in [5, 5.41) is 13.0. The van der Waals surface area contributed by atoms with Gasteiger partial charge in [0.1, 0.15) is 5.75 Å². The van der Waals surface area contributed by atoms with Crippen LogP contribution in [0.15, 0.2) is 59.6 Å². The highest BCUT2D eigenvalue weighted by molar-refractivity contribution is 14.0. The molecule has 0 aromatic heterocycles. The van der Waals surface area contributed by atoms with Crippen molar-refractivity contribution in [3.8, 4) is 5.75 Å². The molecule has 6 heteroatoms. The highest BCUT2D eigenvalue weighted by atomic mass is 127. The van der Waals surface area contributed by atoms with E-state index in [2.05, 4.69) is 10.3 Å². The third-order valence-corrected chi connectivity index (χ3v) is 2.98. The number of halogens is 1. The standard InChI is InChI=1S/C16H19N3O2.HI/c1-21-14-9-7-12(8-10-14)15(20)11-18-16(17)19-13-5-3-2-4-6-13;/h2-10,15,20H,11H2,1H3,(H3,17,18,19);1H. The number of hydrogen-bond donors (Lipinski definition) is 3. The van der Waals surface area contributed by atoms with Crippen LogP contribution in [0.3, 0.4) is 0 Å².